The first-order valence-corrected chi connectivity index (χ1v) is 14.7. The van der Waals surface area contributed by atoms with Crippen LogP contribution in [0.2, 0.25) is 0 Å². The number of piperidine rings is 1. The van der Waals surface area contributed by atoms with Crippen LogP contribution < -0.4 is 22.5 Å². The van der Waals surface area contributed by atoms with Crippen LogP contribution in [0.3, 0.4) is 0 Å². The Morgan fingerprint density at radius 3 is 2.17 bits per heavy atom. The third-order valence-electron chi connectivity index (χ3n) is 9.50. The molecule has 5 N–H and O–H groups in total. The number of hydrogen-bond acceptors (Lipinski definition) is 7. The summed E-state index contributed by atoms with van der Waals surface area (Å²) in [6, 6.07) is 1.98. The van der Waals surface area contributed by atoms with Gasteiger partial charge in [-0.2, -0.15) is 4.98 Å². The van der Waals surface area contributed by atoms with Crippen molar-refractivity contribution in [2.24, 2.45) is 22.8 Å². The Morgan fingerprint density at radius 2 is 1.62 bits per heavy atom. The topological polar surface area (TPSA) is 143 Å². The quantitative estimate of drug-likeness (QED) is 0.485. The first-order valence-electron chi connectivity index (χ1n) is 14.7. The van der Waals surface area contributed by atoms with Crippen molar-refractivity contribution in [1.29, 1.82) is 0 Å². The van der Waals surface area contributed by atoms with Gasteiger partial charge >= 0.3 is 11.7 Å². The maximum Gasteiger partial charge on any atom is 0.349 e. The van der Waals surface area contributed by atoms with Crippen LogP contribution in [0, 0.1) is 11.3 Å². The number of halogens is 1. The molecule has 4 aliphatic rings. The fourth-order valence-corrected chi connectivity index (χ4v) is 7.11. The second-order valence-corrected chi connectivity index (χ2v) is 13.1. The van der Waals surface area contributed by atoms with Gasteiger partial charge in [-0.15, -0.1) is 12.4 Å². The zero-order valence-corrected chi connectivity index (χ0v) is 24.8. The molecule has 40 heavy (non-hydrogen) atoms. The monoisotopic (exact) mass is 578 g/mol. The van der Waals surface area contributed by atoms with Crippen LogP contribution in [-0.2, 0) is 4.79 Å². The second-order valence-electron chi connectivity index (χ2n) is 13.1. The number of rotatable bonds is 5. The van der Waals surface area contributed by atoms with E-state index in [2.05, 4.69) is 15.2 Å². The minimum Gasteiger partial charge on any atom is -0.338 e. The molecule has 0 unspecified atom stereocenters. The van der Waals surface area contributed by atoms with Gasteiger partial charge in [-0.1, -0.05) is 0 Å². The van der Waals surface area contributed by atoms with Crippen LogP contribution in [0.5, 0.6) is 0 Å². The highest BCUT2D eigenvalue weighted by Crippen LogP contribution is 2.48. The largest absolute Gasteiger partial charge is 0.349 e. The van der Waals surface area contributed by atoms with Gasteiger partial charge in [-0.05, 0) is 95.7 Å². The van der Waals surface area contributed by atoms with Crippen LogP contribution in [-0.4, -0.2) is 93.6 Å². The summed E-state index contributed by atoms with van der Waals surface area (Å²) in [5.74, 6) is 0.820. The van der Waals surface area contributed by atoms with Gasteiger partial charge in [0.1, 0.15) is 5.82 Å². The average molecular weight is 579 g/mol. The van der Waals surface area contributed by atoms with Crippen LogP contribution in [0.1, 0.15) is 71.3 Å². The standard InChI is InChI=1S/C28H46N8O3.ClH/c1-27(2,30)24(37)34-13-15-35(16-14-34)25(38)31-23-7-10-36(26(39)32-23)22-5-3-20(4-6-22)19-33-11-8-28(9-12-33)17-21(29)18-28;/h7,10,20-22H,3-6,8-9,11-19,29-30H2,1-2H3,(H,31,32,38,39);1H/t20-,22-;. The van der Waals surface area contributed by atoms with Crippen molar-refractivity contribution in [2.45, 2.75) is 82.8 Å². The number of urea groups is 1. The van der Waals surface area contributed by atoms with Crippen molar-refractivity contribution in [3.8, 4) is 0 Å². The van der Waals surface area contributed by atoms with Crippen LogP contribution in [0.4, 0.5) is 10.6 Å². The molecule has 12 heteroatoms. The molecule has 2 saturated carbocycles. The van der Waals surface area contributed by atoms with Gasteiger partial charge < -0.3 is 26.2 Å². The summed E-state index contributed by atoms with van der Waals surface area (Å²) in [6.45, 7) is 8.59. The molecular formula is C28H47ClN8O3. The number of amides is 3. The molecule has 0 radical (unpaired) electrons. The summed E-state index contributed by atoms with van der Waals surface area (Å²) in [5, 5.41) is 2.75. The van der Waals surface area contributed by atoms with E-state index < -0.39 is 5.54 Å². The van der Waals surface area contributed by atoms with Crippen LogP contribution >= 0.6 is 12.4 Å². The Labute approximate surface area is 243 Å². The number of likely N-dealkylation sites (tertiary alicyclic amines) is 1. The van der Waals surface area contributed by atoms with E-state index in [0.717, 1.165) is 25.7 Å². The summed E-state index contributed by atoms with van der Waals surface area (Å²) in [4.78, 5) is 48.1. The molecule has 5 rings (SSSR count). The van der Waals surface area contributed by atoms with E-state index in [9.17, 15) is 14.4 Å². The van der Waals surface area contributed by atoms with Crippen molar-refractivity contribution in [1.82, 2.24) is 24.3 Å². The third kappa shape index (κ3) is 6.98. The minimum atomic E-state index is -0.931. The van der Waals surface area contributed by atoms with Gasteiger partial charge in [-0.3, -0.25) is 14.7 Å². The highest BCUT2D eigenvalue weighted by atomic mass is 35.5. The molecule has 0 bridgehead atoms. The molecule has 0 atom stereocenters. The molecule has 1 aromatic heterocycles. The normalized spacial score (nSPS) is 25.7. The number of nitrogens with one attached hydrogen (secondary N) is 1. The van der Waals surface area contributed by atoms with Crippen molar-refractivity contribution >= 4 is 30.2 Å². The first kappa shape index (κ1) is 30.7. The first-order chi connectivity index (χ1) is 18.5. The zero-order chi connectivity index (χ0) is 27.8. The second kappa shape index (κ2) is 12.3. The van der Waals surface area contributed by atoms with Crippen LogP contribution in [0.25, 0.3) is 0 Å². The number of carbonyl (C=O) groups excluding carboxylic acids is 2. The number of nitrogens with zero attached hydrogens (tertiary/aromatic N) is 5. The highest BCUT2D eigenvalue weighted by molar-refractivity contribution is 5.89. The minimum absolute atomic E-state index is 0. The lowest BCUT2D eigenvalue weighted by atomic mass is 9.60. The van der Waals surface area contributed by atoms with Gasteiger partial charge in [-0.25, -0.2) is 9.59 Å². The van der Waals surface area contributed by atoms with Crippen LogP contribution in [0.15, 0.2) is 17.1 Å². The van der Waals surface area contributed by atoms with E-state index in [-0.39, 0.29) is 41.9 Å². The molecule has 3 heterocycles. The molecule has 3 amide bonds. The Balaban J connectivity index is 0.00000370. The summed E-state index contributed by atoms with van der Waals surface area (Å²) in [6.07, 6.45) is 11.0. The van der Waals surface area contributed by atoms with Gasteiger partial charge in [0.2, 0.25) is 5.91 Å². The van der Waals surface area contributed by atoms with Gasteiger partial charge in [0.25, 0.3) is 0 Å². The van der Waals surface area contributed by atoms with E-state index in [1.165, 1.54) is 45.3 Å². The summed E-state index contributed by atoms with van der Waals surface area (Å²) in [7, 11) is 0. The molecule has 2 aliphatic carbocycles. The lowest BCUT2D eigenvalue weighted by molar-refractivity contribution is -0.137. The molecule has 11 nitrogen and oxygen atoms in total. The van der Waals surface area contributed by atoms with Gasteiger partial charge in [0, 0.05) is 51.0 Å². The summed E-state index contributed by atoms with van der Waals surface area (Å²) >= 11 is 0. The maximum absolute atomic E-state index is 12.8. The van der Waals surface area contributed by atoms with Gasteiger partial charge in [0.05, 0.1) is 5.54 Å². The van der Waals surface area contributed by atoms with E-state index in [1.54, 1.807) is 40.5 Å². The molecular weight excluding hydrogens is 532 g/mol. The molecule has 2 saturated heterocycles. The zero-order valence-electron chi connectivity index (χ0n) is 24.0. The predicted octanol–water partition coefficient (Wildman–Crippen LogP) is 2.01. The molecule has 1 spiro atoms. The average Bonchev–Trinajstić information content (AvgIpc) is 2.89. The molecule has 1 aromatic rings. The Bertz CT molecular complexity index is 1090. The SMILES string of the molecule is CC(C)(N)C(=O)N1CCN(C(=O)Nc2ccn([C@H]3CC[C@H](CN4CCC5(CC4)CC(N)C5)CC3)c(=O)n2)CC1.Cl. The van der Waals surface area contributed by atoms with Crippen molar-refractivity contribution in [3.05, 3.63) is 22.7 Å². The van der Waals surface area contributed by atoms with E-state index >= 15 is 0 Å². The number of aromatic nitrogens is 2. The van der Waals surface area contributed by atoms with E-state index in [4.69, 9.17) is 11.5 Å². The Hall–Kier alpha value is -2.21. The number of piperazine rings is 1. The van der Waals surface area contributed by atoms with Crippen molar-refractivity contribution in [2.75, 3.05) is 51.1 Å². The van der Waals surface area contributed by atoms with E-state index in [1.807, 2.05) is 0 Å². The Kier molecular flexibility index (Phi) is 9.49. The molecule has 224 valence electrons. The summed E-state index contributed by atoms with van der Waals surface area (Å²) < 4.78 is 1.73. The number of carbonyl (C=O) groups is 2. The van der Waals surface area contributed by atoms with Crippen molar-refractivity contribution < 1.29 is 9.59 Å². The van der Waals surface area contributed by atoms with E-state index in [0.29, 0.717) is 43.6 Å². The fourth-order valence-electron chi connectivity index (χ4n) is 7.11. The number of anilines is 1. The third-order valence-corrected chi connectivity index (χ3v) is 9.50. The lowest BCUT2D eigenvalue weighted by Crippen LogP contribution is -2.58. The Morgan fingerprint density at radius 1 is 1.02 bits per heavy atom. The summed E-state index contributed by atoms with van der Waals surface area (Å²) in [5.41, 5.74) is 11.3. The molecule has 0 aromatic carbocycles. The lowest BCUT2D eigenvalue weighted by Gasteiger charge is -2.51. The molecule has 2 aliphatic heterocycles. The number of hydrogen-bond donors (Lipinski definition) is 3. The van der Waals surface area contributed by atoms with Crippen molar-refractivity contribution in [3.63, 3.8) is 0 Å². The molecule has 4 fully saturated rings. The smallest absolute Gasteiger partial charge is 0.338 e. The number of nitrogens with two attached hydrogens (primary N) is 2. The van der Waals surface area contributed by atoms with Gasteiger partial charge in [0.15, 0.2) is 0 Å². The predicted molar refractivity (Wildman–Crippen MR) is 157 cm³/mol. The maximum atomic E-state index is 12.8. The highest BCUT2D eigenvalue weighted by Gasteiger charge is 2.44. The fraction of sp³-hybridized carbons (Fsp3) is 0.786.